The highest BCUT2D eigenvalue weighted by molar-refractivity contribution is 6.07. The third-order valence-corrected chi connectivity index (χ3v) is 2.46. The van der Waals surface area contributed by atoms with Crippen LogP contribution >= 0.6 is 0 Å². The Labute approximate surface area is 108 Å². The lowest BCUT2D eigenvalue weighted by atomic mass is 10.1. The van der Waals surface area contributed by atoms with E-state index in [1.165, 1.54) is 32.4 Å². The van der Waals surface area contributed by atoms with Crippen LogP contribution in [0, 0.1) is 0 Å². The monoisotopic (exact) mass is 265 g/mol. The Kier molecular flexibility index (Phi) is 3.28. The fraction of sp³-hybridized carbons (Fsp3) is 0.167. The van der Waals surface area contributed by atoms with Gasteiger partial charge in [-0.05, 0) is 23.8 Å². The molecule has 100 valence electrons. The molecule has 0 bridgehead atoms. The first-order valence-corrected chi connectivity index (χ1v) is 5.25. The van der Waals surface area contributed by atoms with E-state index in [1.807, 2.05) is 0 Å². The average molecular weight is 265 g/mol. The molecule has 1 fully saturated rings. The van der Waals surface area contributed by atoms with Gasteiger partial charge in [0, 0.05) is 0 Å². The zero-order valence-electron chi connectivity index (χ0n) is 10.2. The van der Waals surface area contributed by atoms with Crippen LogP contribution in [-0.2, 0) is 9.53 Å². The molecule has 0 aromatic heterocycles. The molecule has 0 saturated carbocycles. The minimum Gasteiger partial charge on any atom is -0.502 e. The molecule has 2 N–H and O–H groups in total. The zero-order chi connectivity index (χ0) is 14.0. The maximum absolute atomic E-state index is 11.3. The number of nitrogens with one attached hydrogen (secondary N) is 1. The molecule has 0 aliphatic carbocycles. The smallest absolute Gasteiger partial charge is 0.419 e. The van der Waals surface area contributed by atoms with Crippen molar-refractivity contribution in [1.29, 1.82) is 0 Å². The summed E-state index contributed by atoms with van der Waals surface area (Å²) in [5, 5.41) is 12.0. The van der Waals surface area contributed by atoms with Gasteiger partial charge in [-0.25, -0.2) is 9.59 Å². The van der Waals surface area contributed by atoms with Gasteiger partial charge in [-0.1, -0.05) is 0 Å². The molecule has 1 aromatic carbocycles. The van der Waals surface area contributed by atoms with Crippen LogP contribution in [-0.4, -0.2) is 31.4 Å². The SMILES string of the molecule is COc1cc(C=C2NC(=O)OC2=O)cc(OC)c1O. The molecular weight excluding hydrogens is 254 g/mol. The van der Waals surface area contributed by atoms with Crippen molar-refractivity contribution in [3.05, 3.63) is 23.4 Å². The Morgan fingerprint density at radius 1 is 1.21 bits per heavy atom. The summed E-state index contributed by atoms with van der Waals surface area (Å²) in [6.45, 7) is 0. The van der Waals surface area contributed by atoms with Gasteiger partial charge in [-0.15, -0.1) is 0 Å². The van der Waals surface area contributed by atoms with Gasteiger partial charge in [0.2, 0.25) is 5.75 Å². The second kappa shape index (κ2) is 4.89. The first kappa shape index (κ1) is 12.7. The number of carbonyl (C=O) groups is 2. The molecule has 1 amide bonds. The average Bonchev–Trinajstić information content (AvgIpc) is 2.69. The van der Waals surface area contributed by atoms with Crippen molar-refractivity contribution >= 4 is 18.1 Å². The van der Waals surface area contributed by atoms with Crippen molar-refractivity contribution in [2.75, 3.05) is 14.2 Å². The Morgan fingerprint density at radius 2 is 1.79 bits per heavy atom. The van der Waals surface area contributed by atoms with E-state index in [1.54, 1.807) is 0 Å². The number of hydrogen-bond acceptors (Lipinski definition) is 6. The molecule has 1 aromatic rings. The predicted octanol–water partition coefficient (Wildman–Crippen LogP) is 1.02. The number of phenolic OH excluding ortho intramolecular Hbond substituents is 1. The minimum atomic E-state index is -0.825. The summed E-state index contributed by atoms with van der Waals surface area (Å²) < 4.78 is 14.3. The normalized spacial score (nSPS) is 16.2. The number of rotatable bonds is 3. The van der Waals surface area contributed by atoms with Crippen LogP contribution in [0.4, 0.5) is 4.79 Å². The molecule has 1 aliphatic heterocycles. The van der Waals surface area contributed by atoms with Gasteiger partial charge >= 0.3 is 12.1 Å². The highest BCUT2D eigenvalue weighted by atomic mass is 16.6. The summed E-state index contributed by atoms with van der Waals surface area (Å²) in [5.74, 6) is -0.547. The summed E-state index contributed by atoms with van der Waals surface area (Å²) in [6, 6.07) is 2.98. The van der Waals surface area contributed by atoms with Crippen LogP contribution in [0.3, 0.4) is 0 Å². The lowest BCUT2D eigenvalue weighted by Crippen LogP contribution is -2.11. The standard InChI is InChI=1S/C12H11NO6/c1-17-8-4-6(5-9(18-2)10(8)14)3-7-11(15)19-12(16)13-7/h3-5,14H,1-2H3,(H,13,16). The summed E-state index contributed by atoms with van der Waals surface area (Å²) in [6.07, 6.45) is 0.562. The molecule has 1 heterocycles. The van der Waals surface area contributed by atoms with Crippen LogP contribution < -0.4 is 14.8 Å². The molecule has 7 heteroatoms. The minimum absolute atomic E-state index is 0.000189. The van der Waals surface area contributed by atoms with Gasteiger partial charge in [0.25, 0.3) is 0 Å². The molecule has 2 rings (SSSR count). The van der Waals surface area contributed by atoms with Crippen LogP contribution in [0.15, 0.2) is 17.8 Å². The van der Waals surface area contributed by atoms with Crippen molar-refractivity contribution in [3.63, 3.8) is 0 Å². The van der Waals surface area contributed by atoms with Gasteiger partial charge < -0.3 is 19.3 Å². The lowest BCUT2D eigenvalue weighted by Gasteiger charge is -2.09. The van der Waals surface area contributed by atoms with Crippen molar-refractivity contribution in [1.82, 2.24) is 5.32 Å². The van der Waals surface area contributed by atoms with Crippen molar-refractivity contribution in [3.8, 4) is 17.2 Å². The molecular formula is C12H11NO6. The van der Waals surface area contributed by atoms with Crippen LogP contribution in [0.2, 0.25) is 0 Å². The number of hydrogen-bond donors (Lipinski definition) is 2. The van der Waals surface area contributed by atoms with Crippen LogP contribution in [0.1, 0.15) is 5.56 Å². The molecule has 0 spiro atoms. The highest BCUT2D eigenvalue weighted by Crippen LogP contribution is 2.37. The van der Waals surface area contributed by atoms with E-state index in [0.717, 1.165) is 0 Å². The summed E-state index contributed by atoms with van der Waals surface area (Å²) in [5.41, 5.74) is 0.500. The predicted molar refractivity (Wildman–Crippen MR) is 63.8 cm³/mol. The fourth-order valence-corrected chi connectivity index (χ4v) is 1.58. The zero-order valence-corrected chi connectivity index (χ0v) is 10.2. The summed E-state index contributed by atoms with van der Waals surface area (Å²) in [7, 11) is 2.77. The van der Waals surface area contributed by atoms with Crippen molar-refractivity contribution < 1.29 is 28.9 Å². The molecule has 7 nitrogen and oxygen atoms in total. The fourth-order valence-electron chi connectivity index (χ4n) is 1.58. The van der Waals surface area contributed by atoms with E-state index in [4.69, 9.17) is 9.47 Å². The van der Waals surface area contributed by atoms with Gasteiger partial charge in [0.15, 0.2) is 11.5 Å². The van der Waals surface area contributed by atoms with E-state index in [2.05, 4.69) is 10.1 Å². The number of methoxy groups -OCH3 is 2. The molecule has 1 aliphatic rings. The van der Waals surface area contributed by atoms with E-state index < -0.39 is 12.1 Å². The number of benzene rings is 1. The first-order chi connectivity index (χ1) is 9.05. The summed E-state index contributed by atoms with van der Waals surface area (Å²) >= 11 is 0. The van der Waals surface area contributed by atoms with E-state index in [-0.39, 0.29) is 22.9 Å². The maximum atomic E-state index is 11.3. The van der Waals surface area contributed by atoms with Crippen LogP contribution in [0.25, 0.3) is 6.08 Å². The quantitative estimate of drug-likeness (QED) is 0.481. The topological polar surface area (TPSA) is 94.1 Å². The molecule has 1 saturated heterocycles. The van der Waals surface area contributed by atoms with E-state index in [0.29, 0.717) is 5.56 Å². The first-order valence-electron chi connectivity index (χ1n) is 5.25. The van der Waals surface area contributed by atoms with Crippen molar-refractivity contribution in [2.45, 2.75) is 0 Å². The number of cyclic esters (lactones) is 2. The van der Waals surface area contributed by atoms with Gasteiger partial charge in [-0.3, -0.25) is 5.32 Å². The number of alkyl carbamates (subject to hydrolysis) is 1. The number of carbonyl (C=O) groups excluding carboxylic acids is 2. The van der Waals surface area contributed by atoms with Crippen molar-refractivity contribution in [2.24, 2.45) is 0 Å². The molecule has 0 atom stereocenters. The van der Waals surface area contributed by atoms with E-state index in [9.17, 15) is 14.7 Å². The number of aromatic hydroxyl groups is 1. The van der Waals surface area contributed by atoms with Gasteiger partial charge in [0.05, 0.1) is 14.2 Å². The Morgan fingerprint density at radius 3 is 2.21 bits per heavy atom. The second-order valence-corrected chi connectivity index (χ2v) is 3.63. The Hall–Kier alpha value is -2.70. The van der Waals surface area contributed by atoms with Crippen LogP contribution in [0.5, 0.6) is 17.2 Å². The van der Waals surface area contributed by atoms with Gasteiger partial charge in [0.1, 0.15) is 5.70 Å². The largest absolute Gasteiger partial charge is 0.502 e. The Balaban J connectivity index is 2.43. The number of phenols is 1. The molecule has 0 unspecified atom stereocenters. The summed E-state index contributed by atoms with van der Waals surface area (Å²) in [4.78, 5) is 22.1. The van der Waals surface area contributed by atoms with E-state index >= 15 is 0 Å². The number of amides is 1. The third-order valence-electron chi connectivity index (χ3n) is 2.46. The third kappa shape index (κ3) is 2.44. The Bertz CT molecular complexity index is 553. The second-order valence-electron chi connectivity index (χ2n) is 3.63. The van der Waals surface area contributed by atoms with Gasteiger partial charge in [-0.2, -0.15) is 0 Å². The lowest BCUT2D eigenvalue weighted by molar-refractivity contribution is -0.130. The number of esters is 1. The highest BCUT2D eigenvalue weighted by Gasteiger charge is 2.26. The maximum Gasteiger partial charge on any atom is 0.419 e. The molecule has 0 radical (unpaired) electrons. The molecule has 19 heavy (non-hydrogen) atoms. The number of ether oxygens (including phenoxy) is 3.